The van der Waals surface area contributed by atoms with E-state index in [4.69, 9.17) is 27.9 Å². The molecule has 29 heavy (non-hydrogen) atoms. The first-order valence-electron chi connectivity index (χ1n) is 8.86. The van der Waals surface area contributed by atoms with Gasteiger partial charge in [-0.15, -0.1) is 0 Å². The maximum absolute atomic E-state index is 13.3. The Balaban J connectivity index is 1.68. The number of anilines is 3. The van der Waals surface area contributed by atoms with E-state index < -0.39 is 6.10 Å². The Morgan fingerprint density at radius 3 is 2.45 bits per heavy atom. The lowest BCUT2D eigenvalue weighted by Crippen LogP contribution is -2.32. The van der Waals surface area contributed by atoms with Crippen LogP contribution in [0.25, 0.3) is 11.1 Å². The number of hydrogen-bond donors (Lipinski definition) is 3. The van der Waals surface area contributed by atoms with Gasteiger partial charge in [0.25, 0.3) is 0 Å². The fraction of sp³-hybridized carbons (Fsp3) is 0.200. The fourth-order valence-corrected chi connectivity index (χ4v) is 3.53. The Hall–Kier alpha value is -2.45. The van der Waals surface area contributed by atoms with Crippen molar-refractivity contribution in [1.29, 1.82) is 0 Å². The number of aromatic nitrogens is 2. The van der Waals surface area contributed by atoms with Crippen LogP contribution in [0.2, 0.25) is 10.0 Å². The third-order valence-electron chi connectivity index (χ3n) is 4.44. The number of benzene rings is 2. The van der Waals surface area contributed by atoms with Crippen molar-refractivity contribution in [3.8, 4) is 11.1 Å². The molecule has 1 fully saturated rings. The van der Waals surface area contributed by atoms with Crippen molar-refractivity contribution < 1.29 is 14.2 Å². The number of aliphatic hydroxyl groups is 1. The number of aliphatic hydroxyl groups excluding tert-OH is 1. The minimum atomic E-state index is -0.658. The zero-order valence-corrected chi connectivity index (χ0v) is 16.6. The van der Waals surface area contributed by atoms with E-state index in [9.17, 15) is 9.50 Å². The molecule has 0 unspecified atom stereocenters. The van der Waals surface area contributed by atoms with Gasteiger partial charge < -0.3 is 20.5 Å². The van der Waals surface area contributed by atoms with E-state index in [0.29, 0.717) is 39.7 Å². The number of ether oxygens (including phenoxy) is 1. The number of nitrogens with one attached hydrogen (secondary N) is 2. The third kappa shape index (κ3) is 4.76. The first kappa shape index (κ1) is 19.8. The maximum atomic E-state index is 13.3. The summed E-state index contributed by atoms with van der Waals surface area (Å²) in [5, 5.41) is 17.3. The van der Waals surface area contributed by atoms with E-state index in [0.717, 1.165) is 5.56 Å². The molecule has 9 heteroatoms. The van der Waals surface area contributed by atoms with Crippen LogP contribution in [0.4, 0.5) is 21.8 Å². The van der Waals surface area contributed by atoms with Crippen LogP contribution in [0.1, 0.15) is 0 Å². The molecule has 2 aromatic carbocycles. The van der Waals surface area contributed by atoms with Crippen LogP contribution in [0.5, 0.6) is 0 Å². The summed E-state index contributed by atoms with van der Waals surface area (Å²) in [6.45, 7) is 0.599. The van der Waals surface area contributed by atoms with Gasteiger partial charge in [-0.3, -0.25) is 0 Å². The summed E-state index contributed by atoms with van der Waals surface area (Å²) < 4.78 is 18.6. The molecule has 4 rings (SSSR count). The highest BCUT2D eigenvalue weighted by molar-refractivity contribution is 6.35. The van der Waals surface area contributed by atoms with Crippen LogP contribution in [0, 0.1) is 5.82 Å². The lowest BCUT2D eigenvalue weighted by atomic mass is 10.1. The predicted octanol–water partition coefficient (Wildman–Crippen LogP) is 4.50. The summed E-state index contributed by atoms with van der Waals surface area (Å²) >= 11 is 12.1. The molecule has 0 aliphatic carbocycles. The van der Waals surface area contributed by atoms with Gasteiger partial charge in [-0.2, -0.15) is 4.98 Å². The highest BCUT2D eigenvalue weighted by Crippen LogP contribution is 2.30. The van der Waals surface area contributed by atoms with Crippen molar-refractivity contribution in [2.75, 3.05) is 23.8 Å². The van der Waals surface area contributed by atoms with Gasteiger partial charge in [-0.05, 0) is 35.9 Å². The molecule has 0 saturated carbocycles. The summed E-state index contributed by atoms with van der Waals surface area (Å²) in [7, 11) is 0. The van der Waals surface area contributed by atoms with Gasteiger partial charge in [0.15, 0.2) is 0 Å². The molecule has 0 spiro atoms. The van der Waals surface area contributed by atoms with Gasteiger partial charge in [0, 0.05) is 27.5 Å². The van der Waals surface area contributed by atoms with Gasteiger partial charge >= 0.3 is 0 Å². The number of hydrogen-bond acceptors (Lipinski definition) is 6. The first-order chi connectivity index (χ1) is 14.0. The Bertz CT molecular complexity index is 1000. The van der Waals surface area contributed by atoms with Gasteiger partial charge in [-0.1, -0.05) is 35.3 Å². The van der Waals surface area contributed by atoms with Crippen molar-refractivity contribution in [3.63, 3.8) is 0 Å². The van der Waals surface area contributed by atoms with Gasteiger partial charge in [0.2, 0.25) is 5.95 Å². The smallest absolute Gasteiger partial charge is 0.229 e. The lowest BCUT2D eigenvalue weighted by molar-refractivity contribution is 0.125. The van der Waals surface area contributed by atoms with E-state index in [1.165, 1.54) is 12.1 Å². The minimum Gasteiger partial charge on any atom is -0.388 e. The normalized spacial score (nSPS) is 18.6. The molecule has 1 aromatic heterocycles. The average Bonchev–Trinajstić information content (AvgIpc) is 3.07. The van der Waals surface area contributed by atoms with E-state index in [-0.39, 0.29) is 18.5 Å². The van der Waals surface area contributed by atoms with Gasteiger partial charge in [-0.25, -0.2) is 9.37 Å². The molecule has 6 nitrogen and oxygen atoms in total. The second-order valence-corrected chi connectivity index (χ2v) is 7.47. The third-order valence-corrected chi connectivity index (χ3v) is 4.87. The largest absolute Gasteiger partial charge is 0.388 e. The van der Waals surface area contributed by atoms with E-state index in [1.54, 1.807) is 36.5 Å². The average molecular weight is 435 g/mol. The highest BCUT2D eigenvalue weighted by atomic mass is 35.5. The molecule has 0 radical (unpaired) electrons. The van der Waals surface area contributed by atoms with Gasteiger partial charge in [0.05, 0.1) is 25.4 Å². The van der Waals surface area contributed by atoms with Crippen LogP contribution >= 0.6 is 23.2 Å². The Morgan fingerprint density at radius 2 is 1.79 bits per heavy atom. The molecule has 1 aliphatic rings. The van der Waals surface area contributed by atoms with E-state index >= 15 is 0 Å². The Kier molecular flexibility index (Phi) is 5.82. The molecule has 3 N–H and O–H groups in total. The first-order valence-corrected chi connectivity index (χ1v) is 9.62. The summed E-state index contributed by atoms with van der Waals surface area (Å²) in [5.41, 5.74) is 2.03. The molecular weight excluding hydrogens is 418 g/mol. The second-order valence-electron chi connectivity index (χ2n) is 6.60. The topological polar surface area (TPSA) is 79.3 Å². The lowest BCUT2D eigenvalue weighted by Gasteiger charge is -2.19. The molecular formula is C20H17Cl2FN4O2. The highest BCUT2D eigenvalue weighted by Gasteiger charge is 2.27. The quantitative estimate of drug-likeness (QED) is 0.548. The molecule has 2 heterocycles. The van der Waals surface area contributed by atoms with E-state index in [2.05, 4.69) is 20.6 Å². The van der Waals surface area contributed by atoms with Crippen LogP contribution in [-0.4, -0.2) is 40.4 Å². The Labute approximate surface area is 176 Å². The number of halogens is 3. The standard InChI is InChI=1S/C20H17Cl2FN4O2/c21-12-5-13(22)7-15(6-12)25-20-24-8-16(11-1-3-14(23)4-2-11)19(27-20)26-17-9-29-10-18(17)28/h1-8,17-18,28H,9-10H2,(H2,24,25,26,27)/t17-,18-/m1/s1. The van der Waals surface area contributed by atoms with Crippen LogP contribution in [0.15, 0.2) is 48.7 Å². The molecule has 3 aromatic rings. The monoisotopic (exact) mass is 434 g/mol. The fourth-order valence-electron chi connectivity index (χ4n) is 3.00. The van der Waals surface area contributed by atoms with E-state index in [1.807, 2.05) is 0 Å². The molecule has 1 aliphatic heterocycles. The second kappa shape index (κ2) is 8.51. The minimum absolute atomic E-state index is 0.251. The molecule has 150 valence electrons. The van der Waals surface area contributed by atoms with Gasteiger partial charge in [0.1, 0.15) is 11.6 Å². The maximum Gasteiger partial charge on any atom is 0.229 e. The number of nitrogens with zero attached hydrogens (tertiary/aromatic N) is 2. The van der Waals surface area contributed by atoms with Crippen LogP contribution in [-0.2, 0) is 4.74 Å². The SMILES string of the molecule is O[C@@H]1COC[C@H]1Nc1nc(Nc2cc(Cl)cc(Cl)c2)ncc1-c1ccc(F)cc1. The van der Waals surface area contributed by atoms with Crippen molar-refractivity contribution in [1.82, 2.24) is 9.97 Å². The summed E-state index contributed by atoms with van der Waals surface area (Å²) in [6, 6.07) is 10.7. The molecule has 0 bridgehead atoms. The van der Waals surface area contributed by atoms with Crippen LogP contribution < -0.4 is 10.6 Å². The predicted molar refractivity (Wildman–Crippen MR) is 111 cm³/mol. The van der Waals surface area contributed by atoms with Crippen molar-refractivity contribution in [3.05, 3.63) is 64.5 Å². The molecule has 0 amide bonds. The molecule has 1 saturated heterocycles. The summed E-state index contributed by atoms with van der Waals surface area (Å²) in [5.74, 6) is 0.460. The number of rotatable bonds is 5. The summed E-state index contributed by atoms with van der Waals surface area (Å²) in [6.07, 6.45) is 0.966. The van der Waals surface area contributed by atoms with Crippen molar-refractivity contribution in [2.24, 2.45) is 0 Å². The van der Waals surface area contributed by atoms with Crippen LogP contribution in [0.3, 0.4) is 0 Å². The zero-order chi connectivity index (χ0) is 20.4. The zero-order valence-electron chi connectivity index (χ0n) is 15.1. The van der Waals surface area contributed by atoms with Crippen molar-refractivity contribution in [2.45, 2.75) is 12.1 Å². The van der Waals surface area contributed by atoms with Crippen molar-refractivity contribution >= 4 is 40.7 Å². The Morgan fingerprint density at radius 1 is 1.07 bits per heavy atom. The summed E-state index contributed by atoms with van der Waals surface area (Å²) in [4.78, 5) is 8.89. The molecule has 2 atom stereocenters.